The van der Waals surface area contributed by atoms with Crippen LogP contribution in [0.5, 0.6) is 5.75 Å². The second-order valence-electron chi connectivity index (χ2n) is 6.91. The second-order valence-corrected chi connectivity index (χ2v) is 7.75. The number of nitrogens with zero attached hydrogens (tertiary/aromatic N) is 2. The first kappa shape index (κ1) is 22.9. The Morgan fingerprint density at radius 3 is 2.81 bits per heavy atom. The summed E-state index contributed by atoms with van der Waals surface area (Å²) in [6.07, 6.45) is 0.158. The third kappa shape index (κ3) is 5.11. The van der Waals surface area contributed by atoms with Crippen LogP contribution in [0.2, 0.25) is 0 Å². The van der Waals surface area contributed by atoms with E-state index in [1.54, 1.807) is 28.1 Å². The Hall–Kier alpha value is -2.78. The van der Waals surface area contributed by atoms with E-state index in [9.17, 15) is 9.59 Å². The minimum atomic E-state index is -0.477. The van der Waals surface area contributed by atoms with Gasteiger partial charge in [-0.25, -0.2) is 9.79 Å². The van der Waals surface area contributed by atoms with Crippen molar-refractivity contribution in [2.75, 3.05) is 34.0 Å². The number of benzene rings is 1. The Morgan fingerprint density at radius 2 is 2.10 bits per heavy atom. The lowest BCUT2D eigenvalue weighted by atomic mass is 9.93. The van der Waals surface area contributed by atoms with E-state index in [2.05, 4.69) is 10.3 Å². The molecule has 0 fully saturated rings. The minimum Gasteiger partial charge on any atom is -0.497 e. The predicted molar refractivity (Wildman–Crippen MR) is 120 cm³/mol. The molecule has 0 saturated heterocycles. The van der Waals surface area contributed by atoms with Gasteiger partial charge in [0.1, 0.15) is 5.75 Å². The van der Waals surface area contributed by atoms with Crippen LogP contribution >= 0.6 is 11.8 Å². The molecule has 1 aromatic rings. The summed E-state index contributed by atoms with van der Waals surface area (Å²) in [5.41, 5.74) is 2.67. The van der Waals surface area contributed by atoms with Gasteiger partial charge in [0.2, 0.25) is 5.91 Å². The highest BCUT2D eigenvalue weighted by atomic mass is 32.2. The van der Waals surface area contributed by atoms with Gasteiger partial charge in [0.25, 0.3) is 0 Å². The lowest BCUT2D eigenvalue weighted by Crippen LogP contribution is -2.38. The number of nitrogens with one attached hydrogen (secondary N) is 1. The van der Waals surface area contributed by atoms with Gasteiger partial charge >= 0.3 is 5.97 Å². The number of hydrogen-bond donors (Lipinski definition) is 1. The fraction of sp³-hybridized carbons (Fsp3) is 0.409. The van der Waals surface area contributed by atoms with Crippen LogP contribution in [0, 0.1) is 0 Å². The molecule has 0 radical (unpaired) electrons. The molecule has 1 atom stereocenters. The van der Waals surface area contributed by atoms with Crippen LogP contribution in [0.4, 0.5) is 0 Å². The monoisotopic (exact) mass is 445 g/mol. The summed E-state index contributed by atoms with van der Waals surface area (Å²) in [4.78, 5) is 31.9. The maximum absolute atomic E-state index is 12.9. The number of carbonyl (C=O) groups excluding carboxylic acids is 2. The average Bonchev–Trinajstić information content (AvgIpc) is 3.14. The topological polar surface area (TPSA) is 89.5 Å². The Morgan fingerprint density at radius 1 is 1.29 bits per heavy atom. The second kappa shape index (κ2) is 10.5. The number of esters is 1. The van der Waals surface area contributed by atoms with E-state index >= 15 is 0 Å². The third-order valence-electron chi connectivity index (χ3n) is 4.88. The summed E-state index contributed by atoms with van der Waals surface area (Å²) in [5.74, 6) is 0.132. The van der Waals surface area contributed by atoms with Crippen molar-refractivity contribution in [3.05, 3.63) is 52.2 Å². The number of methoxy groups -OCH3 is 2. The predicted octanol–water partition coefficient (Wildman–Crippen LogP) is 2.99. The molecule has 2 aliphatic rings. The number of rotatable bonds is 9. The summed E-state index contributed by atoms with van der Waals surface area (Å²) >= 11 is 1.44. The Kier molecular flexibility index (Phi) is 7.75. The van der Waals surface area contributed by atoms with Crippen LogP contribution in [-0.2, 0) is 19.1 Å². The zero-order chi connectivity index (χ0) is 22.4. The molecule has 8 nitrogen and oxygen atoms in total. The highest BCUT2D eigenvalue weighted by Crippen LogP contribution is 2.45. The van der Waals surface area contributed by atoms with E-state index in [1.165, 1.54) is 11.8 Å². The fourth-order valence-electron chi connectivity index (χ4n) is 3.49. The maximum atomic E-state index is 12.9. The zero-order valence-electron chi connectivity index (χ0n) is 18.1. The number of amides is 1. The zero-order valence-corrected chi connectivity index (χ0v) is 19.0. The Labute approximate surface area is 186 Å². The Balaban J connectivity index is 1.98. The van der Waals surface area contributed by atoms with E-state index < -0.39 is 12.0 Å². The van der Waals surface area contributed by atoms with Gasteiger partial charge in [0, 0.05) is 19.4 Å². The average molecular weight is 446 g/mol. The van der Waals surface area contributed by atoms with Gasteiger partial charge in [-0.1, -0.05) is 23.9 Å². The highest BCUT2D eigenvalue weighted by molar-refractivity contribution is 8.16. The number of thioether (sulfide) groups is 1. The number of ether oxygens (including phenoxy) is 3. The highest BCUT2D eigenvalue weighted by Gasteiger charge is 2.41. The molecule has 166 valence electrons. The van der Waals surface area contributed by atoms with Crippen molar-refractivity contribution in [3.63, 3.8) is 0 Å². The van der Waals surface area contributed by atoms with Crippen molar-refractivity contribution in [2.24, 2.45) is 4.99 Å². The number of carbonyl (C=O) groups is 2. The van der Waals surface area contributed by atoms with E-state index in [-0.39, 0.29) is 18.9 Å². The van der Waals surface area contributed by atoms with Crippen LogP contribution in [0.3, 0.4) is 0 Å². The van der Waals surface area contributed by atoms with E-state index in [0.717, 1.165) is 16.4 Å². The molecule has 0 bridgehead atoms. The van der Waals surface area contributed by atoms with Gasteiger partial charge in [-0.15, -0.1) is 0 Å². The molecule has 3 rings (SSSR count). The van der Waals surface area contributed by atoms with Crippen LogP contribution in [-0.4, -0.2) is 55.9 Å². The number of allylic oxidation sites excluding steroid dienone is 1. The molecule has 0 saturated carbocycles. The van der Waals surface area contributed by atoms with Crippen molar-refractivity contribution in [1.82, 2.24) is 10.2 Å². The van der Waals surface area contributed by atoms with Crippen LogP contribution in [0.1, 0.15) is 31.9 Å². The first-order valence-corrected chi connectivity index (χ1v) is 10.9. The SMILES string of the molecule is CCOC(=O)C1=C(C)N=C2SC=C(CC(=O)NCCOC)N2C1c1cccc(OC)c1. The quantitative estimate of drug-likeness (QED) is 0.462. The van der Waals surface area contributed by atoms with Crippen molar-refractivity contribution in [3.8, 4) is 5.75 Å². The van der Waals surface area contributed by atoms with E-state index in [0.29, 0.717) is 30.2 Å². The number of fused-ring (bicyclic) bond motifs is 1. The summed E-state index contributed by atoms with van der Waals surface area (Å²) in [5, 5.41) is 5.46. The molecule has 2 aliphatic heterocycles. The number of hydrogen-bond acceptors (Lipinski definition) is 8. The van der Waals surface area contributed by atoms with Crippen molar-refractivity contribution >= 4 is 28.8 Å². The summed E-state index contributed by atoms with van der Waals surface area (Å²) in [6.45, 7) is 4.71. The standard InChI is InChI=1S/C22H27N3O5S/c1-5-30-21(27)19-14(2)24-22-25(20(19)15-7-6-8-17(11-15)29-4)16(13-31-22)12-18(26)23-9-10-28-3/h6-8,11,13,20H,5,9-10,12H2,1-4H3,(H,23,26). The molecule has 1 amide bonds. The van der Waals surface area contributed by atoms with E-state index in [1.807, 2.05) is 34.6 Å². The molecule has 1 N–H and O–H groups in total. The van der Waals surface area contributed by atoms with Crippen LogP contribution in [0.15, 0.2) is 51.6 Å². The lowest BCUT2D eigenvalue weighted by Gasteiger charge is -2.36. The van der Waals surface area contributed by atoms with Crippen molar-refractivity contribution in [1.29, 1.82) is 0 Å². The first-order chi connectivity index (χ1) is 15.0. The minimum absolute atomic E-state index is 0.126. The molecule has 0 spiro atoms. The van der Waals surface area contributed by atoms with Crippen molar-refractivity contribution < 1.29 is 23.8 Å². The van der Waals surface area contributed by atoms with Gasteiger partial charge in [-0.05, 0) is 37.0 Å². The fourth-order valence-corrected chi connectivity index (χ4v) is 4.45. The molecular formula is C22H27N3O5S. The molecule has 31 heavy (non-hydrogen) atoms. The molecule has 9 heteroatoms. The molecule has 0 aromatic heterocycles. The Bertz CT molecular complexity index is 941. The van der Waals surface area contributed by atoms with Gasteiger partial charge < -0.3 is 24.4 Å². The normalized spacial score (nSPS) is 17.7. The molecule has 1 unspecified atom stereocenters. The van der Waals surface area contributed by atoms with Gasteiger partial charge in [-0.2, -0.15) is 0 Å². The largest absolute Gasteiger partial charge is 0.497 e. The summed E-state index contributed by atoms with van der Waals surface area (Å²) in [6, 6.07) is 7.07. The number of aliphatic imine (C=N–C) groups is 1. The van der Waals surface area contributed by atoms with E-state index in [4.69, 9.17) is 14.2 Å². The van der Waals surface area contributed by atoms with Crippen LogP contribution < -0.4 is 10.1 Å². The maximum Gasteiger partial charge on any atom is 0.338 e. The van der Waals surface area contributed by atoms with Gasteiger partial charge in [-0.3, -0.25) is 4.79 Å². The molecular weight excluding hydrogens is 418 g/mol. The van der Waals surface area contributed by atoms with Gasteiger partial charge in [0.15, 0.2) is 5.17 Å². The number of amidine groups is 1. The summed E-state index contributed by atoms with van der Waals surface area (Å²) in [7, 11) is 3.19. The smallest absolute Gasteiger partial charge is 0.338 e. The van der Waals surface area contributed by atoms with Gasteiger partial charge in [0.05, 0.1) is 44.1 Å². The van der Waals surface area contributed by atoms with Crippen molar-refractivity contribution in [2.45, 2.75) is 26.3 Å². The summed E-state index contributed by atoms with van der Waals surface area (Å²) < 4.78 is 15.7. The molecule has 0 aliphatic carbocycles. The first-order valence-electron chi connectivity index (χ1n) is 10.0. The molecule has 2 heterocycles. The van der Waals surface area contributed by atoms with Crippen LogP contribution in [0.25, 0.3) is 0 Å². The molecule has 1 aromatic carbocycles. The third-order valence-corrected chi connectivity index (χ3v) is 5.76. The lowest BCUT2D eigenvalue weighted by molar-refractivity contribution is -0.139.